The topological polar surface area (TPSA) is 50.4 Å². The van der Waals surface area contributed by atoms with Crippen molar-refractivity contribution >= 4 is 17.3 Å². The minimum Gasteiger partial charge on any atom is -0.462 e. The molecule has 0 heterocycles. The third-order valence-electron chi connectivity index (χ3n) is 2.54. The maximum absolute atomic E-state index is 11.8. The fourth-order valence-corrected chi connectivity index (χ4v) is 1.64. The molecular weight excluding hydrogens is 240 g/mol. The van der Waals surface area contributed by atoms with Gasteiger partial charge >= 0.3 is 5.97 Å². The Morgan fingerprint density at radius 1 is 1.00 bits per heavy atom. The van der Waals surface area contributed by atoms with Gasteiger partial charge in [-0.3, -0.25) is 0 Å². The molecule has 0 aliphatic rings. The predicted octanol–water partition coefficient (Wildman–Crippen LogP) is 3.30. The zero-order chi connectivity index (χ0) is 13.5. The molecule has 2 N–H and O–H groups in total. The van der Waals surface area contributed by atoms with Gasteiger partial charge < -0.3 is 15.6 Å². The second-order valence-corrected chi connectivity index (χ2v) is 3.88. The molecule has 2 aromatic rings. The van der Waals surface area contributed by atoms with E-state index < -0.39 is 0 Å². The van der Waals surface area contributed by atoms with Gasteiger partial charge in [0.15, 0.2) is 0 Å². The van der Waals surface area contributed by atoms with Crippen LogP contribution in [0, 0.1) is 0 Å². The smallest absolute Gasteiger partial charge is 0.340 e. The quantitative estimate of drug-likeness (QED) is 0.636. The lowest BCUT2D eigenvalue weighted by Gasteiger charge is -2.13. The van der Waals surface area contributed by atoms with Gasteiger partial charge in [0.05, 0.1) is 23.5 Å². The monoisotopic (exact) mass is 256 g/mol. The lowest BCUT2D eigenvalue weighted by atomic mass is 10.2. The van der Waals surface area contributed by atoms with Crippen LogP contribution < -0.4 is 10.9 Å². The molecule has 2 rings (SSSR count). The van der Waals surface area contributed by atoms with E-state index in [-0.39, 0.29) is 5.97 Å². The fraction of sp³-hybridized carbons (Fsp3) is 0.133. The van der Waals surface area contributed by atoms with Crippen LogP contribution in [0.2, 0.25) is 0 Å². The summed E-state index contributed by atoms with van der Waals surface area (Å²) in [6, 6.07) is 16.9. The molecule has 0 unspecified atom stereocenters. The SMILES string of the molecule is CCOC(=O)c1ccccc1NNc1ccccc1. The predicted molar refractivity (Wildman–Crippen MR) is 76.1 cm³/mol. The summed E-state index contributed by atoms with van der Waals surface area (Å²) >= 11 is 0. The van der Waals surface area contributed by atoms with E-state index in [1.807, 2.05) is 42.5 Å². The van der Waals surface area contributed by atoms with E-state index in [1.54, 1.807) is 19.1 Å². The number of hydrogen-bond acceptors (Lipinski definition) is 4. The summed E-state index contributed by atoms with van der Waals surface area (Å²) in [4.78, 5) is 11.8. The maximum Gasteiger partial charge on any atom is 0.340 e. The number of carbonyl (C=O) groups excluding carboxylic acids is 1. The van der Waals surface area contributed by atoms with E-state index in [4.69, 9.17) is 4.74 Å². The van der Waals surface area contributed by atoms with Crippen molar-refractivity contribution in [2.45, 2.75) is 6.92 Å². The van der Waals surface area contributed by atoms with Crippen molar-refractivity contribution in [1.82, 2.24) is 0 Å². The molecule has 0 aliphatic heterocycles. The van der Waals surface area contributed by atoms with Crippen molar-refractivity contribution in [1.29, 1.82) is 0 Å². The number of esters is 1. The second-order valence-electron chi connectivity index (χ2n) is 3.88. The maximum atomic E-state index is 11.8. The van der Waals surface area contributed by atoms with Crippen molar-refractivity contribution < 1.29 is 9.53 Å². The van der Waals surface area contributed by atoms with Gasteiger partial charge in [-0.05, 0) is 31.2 Å². The van der Waals surface area contributed by atoms with Crippen LogP contribution in [-0.4, -0.2) is 12.6 Å². The molecule has 0 amide bonds. The number of rotatable bonds is 5. The molecule has 4 heteroatoms. The molecule has 98 valence electrons. The Kier molecular flexibility index (Phi) is 4.39. The summed E-state index contributed by atoms with van der Waals surface area (Å²) in [6.07, 6.45) is 0. The molecule has 0 atom stereocenters. The average molecular weight is 256 g/mol. The van der Waals surface area contributed by atoms with Crippen LogP contribution in [0.5, 0.6) is 0 Å². The molecule has 0 saturated carbocycles. The van der Waals surface area contributed by atoms with Gasteiger partial charge in [0.2, 0.25) is 0 Å². The highest BCUT2D eigenvalue weighted by Gasteiger charge is 2.11. The van der Waals surface area contributed by atoms with E-state index in [1.165, 1.54) is 0 Å². The van der Waals surface area contributed by atoms with Crippen LogP contribution in [0.4, 0.5) is 11.4 Å². The Bertz CT molecular complexity index is 541. The highest BCUT2D eigenvalue weighted by Crippen LogP contribution is 2.16. The van der Waals surface area contributed by atoms with Crippen LogP contribution in [0.3, 0.4) is 0 Å². The molecule has 0 radical (unpaired) electrons. The molecule has 0 fully saturated rings. The number of para-hydroxylation sites is 2. The number of anilines is 2. The largest absolute Gasteiger partial charge is 0.462 e. The van der Waals surface area contributed by atoms with Crippen LogP contribution >= 0.6 is 0 Å². The van der Waals surface area contributed by atoms with Gasteiger partial charge in [-0.15, -0.1) is 0 Å². The first-order valence-corrected chi connectivity index (χ1v) is 6.14. The molecule has 0 bridgehead atoms. The van der Waals surface area contributed by atoms with Crippen molar-refractivity contribution in [2.75, 3.05) is 17.5 Å². The lowest BCUT2D eigenvalue weighted by molar-refractivity contribution is 0.0527. The molecule has 4 nitrogen and oxygen atoms in total. The van der Waals surface area contributed by atoms with Gasteiger partial charge in [-0.25, -0.2) is 4.79 Å². The zero-order valence-corrected chi connectivity index (χ0v) is 10.7. The van der Waals surface area contributed by atoms with E-state index in [0.717, 1.165) is 5.69 Å². The Hall–Kier alpha value is -2.49. The minimum absolute atomic E-state index is 0.333. The number of carbonyl (C=O) groups is 1. The Balaban J connectivity index is 2.10. The molecule has 0 aliphatic carbocycles. The number of benzene rings is 2. The van der Waals surface area contributed by atoms with Crippen molar-refractivity contribution in [3.05, 3.63) is 60.2 Å². The van der Waals surface area contributed by atoms with Crippen molar-refractivity contribution in [3.63, 3.8) is 0 Å². The highest BCUT2D eigenvalue weighted by atomic mass is 16.5. The van der Waals surface area contributed by atoms with Crippen molar-refractivity contribution in [3.8, 4) is 0 Å². The number of ether oxygens (including phenoxy) is 1. The van der Waals surface area contributed by atoms with Crippen LogP contribution in [0.1, 0.15) is 17.3 Å². The first-order valence-electron chi connectivity index (χ1n) is 6.14. The summed E-state index contributed by atoms with van der Waals surface area (Å²) in [7, 11) is 0. The van der Waals surface area contributed by atoms with Crippen LogP contribution in [0.25, 0.3) is 0 Å². The number of nitrogens with one attached hydrogen (secondary N) is 2. The normalized spacial score (nSPS) is 9.74. The first-order chi connectivity index (χ1) is 9.31. The summed E-state index contributed by atoms with van der Waals surface area (Å²) < 4.78 is 5.01. The van der Waals surface area contributed by atoms with E-state index in [9.17, 15) is 4.79 Å². The van der Waals surface area contributed by atoms with Gasteiger partial charge in [0.1, 0.15) is 0 Å². The Morgan fingerprint density at radius 3 is 2.42 bits per heavy atom. The molecular formula is C15H16N2O2. The van der Waals surface area contributed by atoms with Gasteiger partial charge in [0, 0.05) is 0 Å². The summed E-state index contributed by atoms with van der Waals surface area (Å²) in [6.45, 7) is 2.15. The molecule has 19 heavy (non-hydrogen) atoms. The van der Waals surface area contributed by atoms with Crippen LogP contribution in [-0.2, 0) is 4.74 Å². The minimum atomic E-state index is -0.333. The van der Waals surface area contributed by atoms with E-state index >= 15 is 0 Å². The van der Waals surface area contributed by atoms with Crippen molar-refractivity contribution in [2.24, 2.45) is 0 Å². The first kappa shape index (κ1) is 13.0. The van der Waals surface area contributed by atoms with Gasteiger partial charge in [-0.1, -0.05) is 30.3 Å². The summed E-state index contributed by atoms with van der Waals surface area (Å²) in [5.74, 6) is -0.333. The fourth-order valence-electron chi connectivity index (χ4n) is 1.64. The molecule has 0 aromatic heterocycles. The third-order valence-corrected chi connectivity index (χ3v) is 2.54. The lowest BCUT2D eigenvalue weighted by Crippen LogP contribution is -2.14. The standard InChI is InChI=1S/C15H16N2O2/c1-2-19-15(18)13-10-6-7-11-14(13)17-16-12-8-4-3-5-9-12/h3-11,16-17H,2H2,1H3. The molecule has 0 spiro atoms. The molecule has 2 aromatic carbocycles. The van der Waals surface area contributed by atoms with E-state index in [2.05, 4.69) is 10.9 Å². The van der Waals surface area contributed by atoms with Crippen LogP contribution in [0.15, 0.2) is 54.6 Å². The van der Waals surface area contributed by atoms with Gasteiger partial charge in [-0.2, -0.15) is 0 Å². The van der Waals surface area contributed by atoms with E-state index in [0.29, 0.717) is 17.9 Å². The molecule has 0 saturated heterocycles. The second kappa shape index (κ2) is 6.44. The highest BCUT2D eigenvalue weighted by molar-refractivity contribution is 5.95. The zero-order valence-electron chi connectivity index (χ0n) is 10.7. The number of hydrazine groups is 1. The Labute approximate surface area is 112 Å². The number of hydrogen-bond donors (Lipinski definition) is 2. The Morgan fingerprint density at radius 2 is 1.68 bits per heavy atom. The third kappa shape index (κ3) is 3.48. The average Bonchev–Trinajstić information content (AvgIpc) is 2.47. The summed E-state index contributed by atoms with van der Waals surface area (Å²) in [5, 5.41) is 0. The van der Waals surface area contributed by atoms with Gasteiger partial charge in [0.25, 0.3) is 0 Å². The summed E-state index contributed by atoms with van der Waals surface area (Å²) in [5.41, 5.74) is 8.17.